The molecule has 122 heavy (non-hydrogen) atoms. The molecular formula is C61H84F7N23O25P6. The summed E-state index contributed by atoms with van der Waals surface area (Å²) in [5.74, 6) is 1.75. The van der Waals surface area contributed by atoms with Crippen LogP contribution in [0.25, 0.3) is 33.6 Å². The van der Waals surface area contributed by atoms with E-state index in [2.05, 4.69) is 89.9 Å². The molecule has 0 amide bonds. The third-order valence-electron chi connectivity index (χ3n) is 16.1. The number of nitrogens with one attached hydrogen (secondary N) is 1. The van der Waals surface area contributed by atoms with Crippen LogP contribution < -0.4 is 11.3 Å². The van der Waals surface area contributed by atoms with Crippen LogP contribution in [0.3, 0.4) is 0 Å². The molecule has 12 rings (SSSR count). The number of halogens is 7. The summed E-state index contributed by atoms with van der Waals surface area (Å²) >= 11 is 0. The van der Waals surface area contributed by atoms with Crippen LogP contribution in [0.5, 0.6) is 0 Å². The monoisotopic (exact) mass is 1860 g/mol. The molecule has 0 saturated carbocycles. The van der Waals surface area contributed by atoms with Gasteiger partial charge in [-0.1, -0.05) is 0 Å². The van der Waals surface area contributed by atoms with E-state index in [1.807, 2.05) is 13.0 Å². The topological polar surface area (TPSA) is 679 Å². The Kier molecular flexibility index (Phi) is 36.7. The van der Waals surface area contributed by atoms with Crippen molar-refractivity contribution in [3.05, 3.63) is 154 Å². The van der Waals surface area contributed by atoms with Gasteiger partial charge < -0.3 is 97.9 Å². The van der Waals surface area contributed by atoms with Gasteiger partial charge in [0, 0.05) is 61.0 Å². The van der Waals surface area contributed by atoms with Gasteiger partial charge in [0.25, 0.3) is 18.4 Å². The van der Waals surface area contributed by atoms with Crippen molar-refractivity contribution >= 4 is 85.0 Å². The van der Waals surface area contributed by atoms with Crippen LogP contribution in [0.1, 0.15) is 69.7 Å². The third-order valence-corrected chi connectivity index (χ3v) is 19.0. The standard InChI is InChI=1S/C11H15FN3O4P.C11H16N3O5P.2C10H13F2N4O4P.C10H14FN4O4P.C9H13FN5O4P/c1-8-11-3-2-9(15(11)14-6-13-8)4-10(5-12)19-7-20(16,17)18;1-7(19-6-20(16,17)18)5-9-3-4-10-11(15)12-8(2)13-14(9)10;2*1-6-13-4-14-10-7(3-15-16(6)10)2-8(9(11)12)20-5-21(17,18)19;1-7-10-12-4-8(15(10)14-5-13-7)2-9(3-11)19-6-20(16,17)18;10-2-7(19-5-20(16,17)18)1-6-3-12-9-8(11)13-4-14-15(6)9/h2-3,6,10H,4-5,7H2,1H3,(H2,16,17,18);3-4,7H,5-6H2,1-2H3,(H,12,13,15)(H2,16,17,18);2*3-4,8-9H,2,5H2,1H3,(H2,17,18,19);4-5,9H,2-3,6H2,1H3,(H2,16,17,18);3-4,7H,1-2,5H2,(H2,11,13,14)(H2,16,17,18)/t10-;;2*8-;9-;7-/m0.1001/s1. The van der Waals surface area contributed by atoms with Crippen molar-refractivity contribution in [1.29, 1.82) is 0 Å². The van der Waals surface area contributed by atoms with Gasteiger partial charge in [0.1, 0.15) is 125 Å². The fraction of sp³-hybridized carbons (Fsp3) is 0.475. The highest BCUT2D eigenvalue weighted by Crippen LogP contribution is 2.39. The summed E-state index contributed by atoms with van der Waals surface area (Å²) in [5.41, 5.74) is 13.0. The highest BCUT2D eigenvalue weighted by molar-refractivity contribution is 7.52. The molecule has 0 aromatic carbocycles. The van der Waals surface area contributed by atoms with E-state index in [0.29, 0.717) is 85.9 Å². The first-order valence-corrected chi connectivity index (χ1v) is 45.7. The Bertz CT molecular complexity index is 5400. The lowest BCUT2D eigenvalue weighted by molar-refractivity contribution is -0.0427. The summed E-state index contributed by atoms with van der Waals surface area (Å²) in [5, 5.41) is 24.2. The van der Waals surface area contributed by atoms with E-state index in [9.17, 15) is 62.9 Å². The molecule has 0 radical (unpaired) electrons. The summed E-state index contributed by atoms with van der Waals surface area (Å²) in [6.07, 6.45) is -5.17. The van der Waals surface area contributed by atoms with E-state index in [1.54, 1.807) is 57.3 Å². The summed E-state index contributed by atoms with van der Waals surface area (Å²) in [6.45, 7) is 7.75. The number of aryl methyl sites for hydroxylation is 5. The van der Waals surface area contributed by atoms with Gasteiger partial charge in [-0.05, 0) is 65.8 Å². The van der Waals surface area contributed by atoms with Crippen molar-refractivity contribution in [3.63, 3.8) is 0 Å². The largest absolute Gasteiger partial charge is 0.381 e. The molecule has 1 unspecified atom stereocenters. The Morgan fingerprint density at radius 3 is 1.20 bits per heavy atom. The van der Waals surface area contributed by atoms with Crippen molar-refractivity contribution in [2.45, 2.75) is 130 Å². The Hall–Kier alpha value is -8.79. The number of aromatic nitrogens is 22. The van der Waals surface area contributed by atoms with Crippen molar-refractivity contribution in [2.24, 2.45) is 0 Å². The van der Waals surface area contributed by atoms with Gasteiger partial charge in [-0.25, -0.2) is 103 Å². The molecule has 0 aliphatic rings. The average Bonchev–Trinajstić information content (AvgIpc) is 1.64. The minimum atomic E-state index is -4.51. The van der Waals surface area contributed by atoms with Crippen molar-refractivity contribution in [1.82, 2.24) is 108 Å². The van der Waals surface area contributed by atoms with Gasteiger partial charge in [-0.2, -0.15) is 30.6 Å². The zero-order chi connectivity index (χ0) is 90.4. The van der Waals surface area contributed by atoms with Crippen LogP contribution in [-0.4, -0.2) is 274 Å². The number of aromatic amines is 1. The van der Waals surface area contributed by atoms with Gasteiger partial charge >= 0.3 is 45.6 Å². The molecule has 0 aliphatic carbocycles. The van der Waals surface area contributed by atoms with E-state index in [4.69, 9.17) is 83.4 Å². The molecule has 12 heterocycles. The average molecular weight is 1860 g/mol. The first kappa shape index (κ1) is 100. The molecule has 0 bridgehead atoms. The number of anilines is 1. The zero-order valence-electron chi connectivity index (χ0n) is 64.7. The smallest absolute Gasteiger partial charge is 0.350 e. The van der Waals surface area contributed by atoms with Crippen LogP contribution in [0, 0.1) is 34.6 Å². The lowest BCUT2D eigenvalue weighted by atomic mass is 10.1. The van der Waals surface area contributed by atoms with Gasteiger partial charge in [-0.3, -0.25) is 32.2 Å². The van der Waals surface area contributed by atoms with Gasteiger partial charge in [0.15, 0.2) is 28.4 Å². The second-order valence-corrected chi connectivity index (χ2v) is 35.6. The number of nitrogens with two attached hydrogens (primary N) is 1. The minimum Gasteiger partial charge on any atom is -0.381 e. The SMILES string of the molecule is Cc1ncnc2c(C[C@@H](OCP(=O)(O)O)C(F)F)cnn12.Cc1ncnc2c(C[C@H](OCP(=O)(O)O)C(F)F)cnn12.Cc1ncnn2c(C[C@@H](CF)OCP(=O)(O)O)ccc12.Cc1ncnn2c(C[C@@H](CF)OCP(=O)(O)O)cnc12.Cc1nn2c(CC(C)OCP(=O)(O)O)ccc2c(=O)[nH]1.Nc1ncnn2c(C[C@H](CF)OCP(=O)(O)O)cnc12. The number of hydrogen-bond donors (Lipinski definition) is 14. The van der Waals surface area contributed by atoms with Crippen LogP contribution in [0.4, 0.5) is 36.6 Å². The Morgan fingerprint density at radius 1 is 0.393 bits per heavy atom. The summed E-state index contributed by atoms with van der Waals surface area (Å²) in [7, 11) is -26.1. The van der Waals surface area contributed by atoms with Crippen molar-refractivity contribution in [2.75, 3.05) is 63.8 Å². The normalized spacial score (nSPS) is 13.9. The lowest BCUT2D eigenvalue weighted by Gasteiger charge is -2.16. The van der Waals surface area contributed by atoms with Crippen molar-refractivity contribution < 1.29 is 145 Å². The van der Waals surface area contributed by atoms with Crippen LogP contribution >= 0.6 is 45.6 Å². The number of nitrogens with zero attached hydrogens (tertiary/aromatic N) is 21. The van der Waals surface area contributed by atoms with E-state index in [-0.39, 0.29) is 43.5 Å². The number of hydrogen-bond acceptors (Lipinski definition) is 29. The molecule has 0 fully saturated rings. The first-order valence-electron chi connectivity index (χ1n) is 35.0. The Balaban J connectivity index is 0.000000201. The highest BCUT2D eigenvalue weighted by atomic mass is 31.2. The molecule has 15 N–H and O–H groups in total. The van der Waals surface area contributed by atoms with Gasteiger partial charge in [0.05, 0.1) is 77.5 Å². The predicted molar refractivity (Wildman–Crippen MR) is 409 cm³/mol. The first-order chi connectivity index (χ1) is 57.0. The number of alkyl halides is 7. The molecule has 0 saturated heterocycles. The van der Waals surface area contributed by atoms with Gasteiger partial charge in [0.2, 0.25) is 0 Å². The third kappa shape index (κ3) is 32.1. The number of ether oxygens (including phenoxy) is 6. The van der Waals surface area contributed by atoms with Crippen LogP contribution in [-0.2, 0) is 94.3 Å². The van der Waals surface area contributed by atoms with E-state index in [0.717, 1.165) is 16.9 Å². The molecule has 672 valence electrons. The summed E-state index contributed by atoms with van der Waals surface area (Å²) in [4.78, 5) is 155. The molecule has 12 aromatic rings. The van der Waals surface area contributed by atoms with Crippen LogP contribution in [0.2, 0.25) is 0 Å². The quantitative estimate of drug-likeness (QED) is 0.0200. The molecule has 61 heteroatoms. The molecule has 12 aromatic heterocycles. The fourth-order valence-electron chi connectivity index (χ4n) is 10.6. The number of rotatable bonds is 35. The van der Waals surface area contributed by atoms with E-state index >= 15 is 0 Å². The number of imidazole rings is 2. The summed E-state index contributed by atoms with van der Waals surface area (Å²) in [6, 6.07) is 6.97. The summed E-state index contributed by atoms with van der Waals surface area (Å²) < 4.78 is 192. The minimum absolute atomic E-state index is 0.0497. The fourth-order valence-corrected chi connectivity index (χ4v) is 13.0. The van der Waals surface area contributed by atoms with E-state index in [1.165, 1.54) is 79.0 Å². The number of fused-ring (bicyclic) bond motifs is 6. The van der Waals surface area contributed by atoms with Crippen LogP contribution in [0.15, 0.2) is 85.5 Å². The maximum Gasteiger partial charge on any atom is 0.350 e. The van der Waals surface area contributed by atoms with E-state index < -0.39 is 153 Å². The molecular weight excluding hydrogens is 1770 g/mol. The highest BCUT2D eigenvalue weighted by Gasteiger charge is 2.31. The molecule has 48 nitrogen and oxygen atoms in total. The molecule has 6 atom stereocenters. The Labute approximate surface area is 682 Å². The number of nitrogen functional groups attached to an aromatic ring is 1. The second-order valence-electron chi connectivity index (χ2n) is 26.1. The Morgan fingerprint density at radius 2 is 0.770 bits per heavy atom. The zero-order valence-corrected chi connectivity index (χ0v) is 70.1. The molecule has 0 aliphatic heterocycles. The second kappa shape index (κ2) is 44.7. The number of H-pyrrole nitrogens is 1. The van der Waals surface area contributed by atoms with Crippen molar-refractivity contribution in [3.8, 4) is 0 Å². The molecule has 0 spiro atoms. The predicted octanol–water partition coefficient (Wildman–Crippen LogP) is 3.21. The maximum absolute atomic E-state index is 12.9. The lowest BCUT2D eigenvalue weighted by Crippen LogP contribution is -2.25. The maximum atomic E-state index is 12.9. The van der Waals surface area contributed by atoms with Gasteiger partial charge in [-0.15, -0.1) is 0 Å².